The molecule has 1 N–H and O–H groups in total. The summed E-state index contributed by atoms with van der Waals surface area (Å²) in [5, 5.41) is 2.73. The minimum atomic E-state index is -0.571. The average molecular weight is 315 g/mol. The van der Waals surface area contributed by atoms with E-state index in [2.05, 4.69) is 5.32 Å². The molecule has 0 bridgehead atoms. The fraction of sp³-hybridized carbons (Fsp3) is 0.385. The van der Waals surface area contributed by atoms with Gasteiger partial charge in [0.2, 0.25) is 11.8 Å². The van der Waals surface area contributed by atoms with Gasteiger partial charge >= 0.3 is 0 Å². The van der Waals surface area contributed by atoms with Crippen molar-refractivity contribution in [3.8, 4) is 0 Å². The van der Waals surface area contributed by atoms with Gasteiger partial charge in [0.15, 0.2) is 0 Å². The number of hydrogen-bond donors (Lipinski definition) is 1. The molecule has 5 nitrogen and oxygen atoms in total. The Kier molecular flexibility index (Phi) is 5.17. The molecular weight excluding hydrogens is 300 g/mol. The zero-order chi connectivity index (χ0) is 14.5. The molecule has 0 spiro atoms. The molecule has 0 unspecified atom stereocenters. The molecule has 0 saturated carbocycles. The Morgan fingerprint density at radius 2 is 2.45 bits per heavy atom. The Morgan fingerprint density at radius 1 is 1.65 bits per heavy atom. The van der Waals surface area contributed by atoms with E-state index in [1.807, 2.05) is 6.07 Å². The molecular formula is C13H15ClN2O3S. The van der Waals surface area contributed by atoms with Gasteiger partial charge < -0.3 is 15.0 Å². The number of nitrogens with one attached hydrogen (secondary N) is 1. The third kappa shape index (κ3) is 3.59. The van der Waals surface area contributed by atoms with Crippen molar-refractivity contribution >= 4 is 40.8 Å². The maximum absolute atomic E-state index is 12.2. The number of ether oxygens (including phenoxy) is 1. The number of carbonyl (C=O) groups excluding carboxylic acids is 2. The molecule has 2 heterocycles. The highest BCUT2D eigenvalue weighted by atomic mass is 35.5. The van der Waals surface area contributed by atoms with Crippen molar-refractivity contribution in [2.45, 2.75) is 6.04 Å². The fourth-order valence-corrected chi connectivity index (χ4v) is 2.93. The monoisotopic (exact) mass is 314 g/mol. The molecule has 1 saturated heterocycles. The van der Waals surface area contributed by atoms with E-state index in [9.17, 15) is 9.59 Å². The molecule has 1 aromatic heterocycles. The van der Waals surface area contributed by atoms with Gasteiger partial charge in [0, 0.05) is 31.2 Å². The number of nitrogens with zero attached hydrogens (tertiary/aromatic N) is 1. The van der Waals surface area contributed by atoms with Crippen LogP contribution in [0.25, 0.3) is 6.08 Å². The Bertz CT molecular complexity index is 529. The van der Waals surface area contributed by atoms with Crippen LogP contribution in [0, 0.1) is 0 Å². The molecule has 1 aromatic rings. The zero-order valence-electron chi connectivity index (χ0n) is 11.0. The maximum atomic E-state index is 12.2. The molecule has 2 amide bonds. The van der Waals surface area contributed by atoms with Gasteiger partial charge in [-0.15, -0.1) is 11.3 Å². The first kappa shape index (κ1) is 15.0. The molecule has 1 fully saturated rings. The van der Waals surface area contributed by atoms with Gasteiger partial charge in [-0.3, -0.25) is 9.59 Å². The van der Waals surface area contributed by atoms with E-state index >= 15 is 0 Å². The average Bonchev–Trinajstić information content (AvgIpc) is 2.84. The molecule has 1 aliphatic rings. The van der Waals surface area contributed by atoms with Crippen LogP contribution >= 0.6 is 22.9 Å². The van der Waals surface area contributed by atoms with Gasteiger partial charge in [-0.2, -0.15) is 0 Å². The first-order valence-electron chi connectivity index (χ1n) is 6.12. The Balaban J connectivity index is 2.06. The first-order chi connectivity index (χ1) is 9.61. The molecule has 0 aromatic carbocycles. The van der Waals surface area contributed by atoms with Crippen molar-refractivity contribution in [3.05, 3.63) is 27.4 Å². The second-order valence-corrected chi connectivity index (χ2v) is 6.02. The smallest absolute Gasteiger partial charge is 0.247 e. The summed E-state index contributed by atoms with van der Waals surface area (Å²) in [4.78, 5) is 26.4. The van der Waals surface area contributed by atoms with Crippen LogP contribution in [-0.4, -0.2) is 49.6 Å². The number of thiophene rings is 1. The van der Waals surface area contributed by atoms with Crippen LogP contribution in [0.2, 0.25) is 4.34 Å². The van der Waals surface area contributed by atoms with E-state index in [0.717, 1.165) is 4.88 Å². The quantitative estimate of drug-likeness (QED) is 0.854. The minimum Gasteiger partial charge on any atom is -0.382 e. The van der Waals surface area contributed by atoms with Crippen LogP contribution < -0.4 is 5.32 Å². The van der Waals surface area contributed by atoms with Crippen LogP contribution in [-0.2, 0) is 14.3 Å². The van der Waals surface area contributed by atoms with Crippen molar-refractivity contribution in [2.75, 3.05) is 26.8 Å². The number of rotatable bonds is 4. The molecule has 0 aliphatic carbocycles. The van der Waals surface area contributed by atoms with Crippen LogP contribution in [0.5, 0.6) is 0 Å². The highest BCUT2D eigenvalue weighted by Crippen LogP contribution is 2.22. The summed E-state index contributed by atoms with van der Waals surface area (Å²) in [5.41, 5.74) is 0. The van der Waals surface area contributed by atoms with Gasteiger partial charge in [-0.25, -0.2) is 0 Å². The molecule has 1 atom stereocenters. The Hall–Kier alpha value is -1.37. The minimum absolute atomic E-state index is 0.181. The number of carbonyl (C=O) groups is 2. The lowest BCUT2D eigenvalue weighted by Gasteiger charge is -2.33. The summed E-state index contributed by atoms with van der Waals surface area (Å²) in [6, 6.07) is 3.04. The SMILES string of the molecule is COC[C@@H]1C(=O)NCCN1C(=O)C=Cc1ccc(Cl)s1. The summed E-state index contributed by atoms with van der Waals surface area (Å²) in [6.07, 6.45) is 3.17. The van der Waals surface area contributed by atoms with E-state index in [4.69, 9.17) is 16.3 Å². The van der Waals surface area contributed by atoms with Crippen molar-refractivity contribution in [1.82, 2.24) is 10.2 Å². The molecule has 7 heteroatoms. The predicted molar refractivity (Wildman–Crippen MR) is 78.7 cm³/mol. The zero-order valence-corrected chi connectivity index (χ0v) is 12.5. The number of methoxy groups -OCH3 is 1. The normalized spacial score (nSPS) is 19.4. The van der Waals surface area contributed by atoms with Gasteiger partial charge in [-0.1, -0.05) is 11.6 Å². The highest BCUT2D eigenvalue weighted by Gasteiger charge is 2.31. The molecule has 1 aliphatic heterocycles. The van der Waals surface area contributed by atoms with E-state index in [0.29, 0.717) is 17.4 Å². The molecule has 0 radical (unpaired) electrons. The number of hydrogen-bond acceptors (Lipinski definition) is 4. The molecule has 108 valence electrons. The highest BCUT2D eigenvalue weighted by molar-refractivity contribution is 7.17. The van der Waals surface area contributed by atoms with Crippen molar-refractivity contribution in [3.63, 3.8) is 0 Å². The van der Waals surface area contributed by atoms with Gasteiger partial charge in [0.25, 0.3) is 0 Å². The van der Waals surface area contributed by atoms with Crippen LogP contribution in [0.1, 0.15) is 4.88 Å². The number of amides is 2. The third-order valence-electron chi connectivity index (χ3n) is 2.92. The Morgan fingerprint density at radius 3 is 3.10 bits per heavy atom. The van der Waals surface area contributed by atoms with E-state index in [-0.39, 0.29) is 18.4 Å². The standard InChI is InChI=1S/C13H15ClN2O3S/c1-19-8-10-13(18)15-6-7-16(10)12(17)5-3-9-2-4-11(14)20-9/h2-5,10H,6-8H2,1H3,(H,15,18)/t10-/m1/s1. The summed E-state index contributed by atoms with van der Waals surface area (Å²) < 4.78 is 5.68. The lowest BCUT2D eigenvalue weighted by atomic mass is 10.2. The second-order valence-electron chi connectivity index (χ2n) is 4.27. The van der Waals surface area contributed by atoms with E-state index in [1.165, 1.54) is 29.4 Å². The maximum Gasteiger partial charge on any atom is 0.247 e. The van der Waals surface area contributed by atoms with Crippen molar-refractivity contribution < 1.29 is 14.3 Å². The van der Waals surface area contributed by atoms with Crippen LogP contribution in [0.4, 0.5) is 0 Å². The third-order valence-corrected chi connectivity index (χ3v) is 4.12. The first-order valence-corrected chi connectivity index (χ1v) is 7.32. The van der Waals surface area contributed by atoms with Crippen LogP contribution in [0.15, 0.2) is 18.2 Å². The van der Waals surface area contributed by atoms with Gasteiger partial charge in [-0.05, 0) is 18.2 Å². The van der Waals surface area contributed by atoms with Crippen molar-refractivity contribution in [2.24, 2.45) is 0 Å². The largest absolute Gasteiger partial charge is 0.382 e. The summed E-state index contributed by atoms with van der Waals surface area (Å²) in [7, 11) is 1.51. The van der Waals surface area contributed by atoms with E-state index < -0.39 is 6.04 Å². The number of piperazine rings is 1. The molecule has 20 heavy (non-hydrogen) atoms. The topological polar surface area (TPSA) is 58.6 Å². The fourth-order valence-electron chi connectivity index (χ4n) is 1.97. The lowest BCUT2D eigenvalue weighted by Crippen LogP contribution is -2.58. The second kappa shape index (κ2) is 6.88. The number of halogens is 1. The lowest BCUT2D eigenvalue weighted by molar-refractivity contribution is -0.142. The van der Waals surface area contributed by atoms with Crippen molar-refractivity contribution in [1.29, 1.82) is 0 Å². The summed E-state index contributed by atoms with van der Waals surface area (Å²) >= 11 is 7.22. The predicted octanol–water partition coefficient (Wildman–Crippen LogP) is 1.39. The van der Waals surface area contributed by atoms with Gasteiger partial charge in [0.1, 0.15) is 6.04 Å². The van der Waals surface area contributed by atoms with E-state index in [1.54, 1.807) is 12.1 Å². The molecule has 2 rings (SSSR count). The Labute approximate surface area is 126 Å². The van der Waals surface area contributed by atoms with Gasteiger partial charge in [0.05, 0.1) is 10.9 Å². The summed E-state index contributed by atoms with van der Waals surface area (Å²) in [6.45, 7) is 1.13. The van der Waals surface area contributed by atoms with Crippen LogP contribution in [0.3, 0.4) is 0 Å². The summed E-state index contributed by atoms with van der Waals surface area (Å²) in [5.74, 6) is -0.384.